The van der Waals surface area contributed by atoms with E-state index in [1.165, 1.54) is 5.56 Å². The van der Waals surface area contributed by atoms with Crippen molar-refractivity contribution in [3.8, 4) is 11.5 Å². The summed E-state index contributed by atoms with van der Waals surface area (Å²) in [7, 11) is 3.85. The monoisotopic (exact) mass is 463 g/mol. The Morgan fingerprint density at radius 1 is 1.18 bits per heavy atom. The number of ether oxygens (including phenoxy) is 2. The van der Waals surface area contributed by atoms with Gasteiger partial charge in [-0.2, -0.15) is 0 Å². The second-order valence-corrected chi connectivity index (χ2v) is 9.49. The van der Waals surface area contributed by atoms with Crippen LogP contribution in [0.15, 0.2) is 41.4 Å². The smallest absolute Gasteiger partial charge is 0.254 e. The Balaban J connectivity index is 1.76. The van der Waals surface area contributed by atoms with Crippen molar-refractivity contribution in [2.24, 2.45) is 4.99 Å². The molecule has 6 heteroatoms. The van der Waals surface area contributed by atoms with Crippen LogP contribution in [0, 0.1) is 0 Å². The van der Waals surface area contributed by atoms with Gasteiger partial charge in [0.25, 0.3) is 5.91 Å². The zero-order chi connectivity index (χ0) is 24.4. The maximum atomic E-state index is 13.0. The topological polar surface area (TPSA) is 54.4 Å². The molecule has 0 radical (unpaired) electrons. The zero-order valence-electron chi connectivity index (χ0n) is 21.3. The lowest BCUT2D eigenvalue weighted by molar-refractivity contribution is 0.0717. The fraction of sp³-hybridized carbons (Fsp3) is 0.500. The molecule has 2 aromatic rings. The third-order valence-corrected chi connectivity index (χ3v) is 6.99. The number of methoxy groups -OCH3 is 1. The van der Waals surface area contributed by atoms with Gasteiger partial charge in [0.2, 0.25) is 0 Å². The van der Waals surface area contributed by atoms with Crippen molar-refractivity contribution < 1.29 is 14.3 Å². The first kappa shape index (κ1) is 24.3. The van der Waals surface area contributed by atoms with Gasteiger partial charge in [0.15, 0.2) is 11.5 Å². The first-order valence-corrected chi connectivity index (χ1v) is 12.4. The summed E-state index contributed by atoms with van der Waals surface area (Å²) in [6, 6.07) is 12.5. The average molecular weight is 464 g/mol. The molecule has 182 valence electrons. The van der Waals surface area contributed by atoms with Gasteiger partial charge in [0, 0.05) is 41.7 Å². The fourth-order valence-electron chi connectivity index (χ4n) is 5.22. The fourth-order valence-corrected chi connectivity index (χ4v) is 5.22. The van der Waals surface area contributed by atoms with E-state index >= 15 is 0 Å². The van der Waals surface area contributed by atoms with E-state index < -0.39 is 0 Å². The summed E-state index contributed by atoms with van der Waals surface area (Å²) in [5.74, 6) is 1.89. The predicted molar refractivity (Wildman–Crippen MR) is 137 cm³/mol. The van der Waals surface area contributed by atoms with Crippen molar-refractivity contribution in [3.05, 3.63) is 58.7 Å². The van der Waals surface area contributed by atoms with E-state index in [4.69, 9.17) is 14.5 Å². The molecule has 0 N–H and O–H groups in total. The van der Waals surface area contributed by atoms with Gasteiger partial charge in [0.1, 0.15) is 0 Å². The van der Waals surface area contributed by atoms with Crippen LogP contribution in [0.3, 0.4) is 0 Å². The quantitative estimate of drug-likeness (QED) is 0.602. The van der Waals surface area contributed by atoms with Crippen LogP contribution in [0.4, 0.5) is 0 Å². The largest absolute Gasteiger partial charge is 0.493 e. The van der Waals surface area contributed by atoms with Crippen LogP contribution in [0.5, 0.6) is 11.5 Å². The van der Waals surface area contributed by atoms with Crippen LogP contribution >= 0.6 is 0 Å². The number of benzene rings is 2. The summed E-state index contributed by atoms with van der Waals surface area (Å²) < 4.78 is 11.6. The molecule has 2 aliphatic heterocycles. The van der Waals surface area contributed by atoms with Crippen molar-refractivity contribution in [2.75, 3.05) is 40.4 Å². The van der Waals surface area contributed by atoms with Gasteiger partial charge in [0.05, 0.1) is 25.5 Å². The van der Waals surface area contributed by atoms with Gasteiger partial charge in [-0.05, 0) is 77.5 Å². The highest BCUT2D eigenvalue weighted by Crippen LogP contribution is 2.42. The minimum atomic E-state index is 0.0634. The number of hydrogen-bond donors (Lipinski definition) is 0. The highest BCUT2D eigenvalue weighted by molar-refractivity contribution is 6.15. The first-order chi connectivity index (χ1) is 16.4. The Morgan fingerprint density at radius 2 is 1.91 bits per heavy atom. The highest BCUT2D eigenvalue weighted by Gasteiger charge is 2.36. The van der Waals surface area contributed by atoms with Crippen molar-refractivity contribution in [3.63, 3.8) is 0 Å². The summed E-state index contributed by atoms with van der Waals surface area (Å²) in [6.07, 6.45) is 1.02. The van der Waals surface area contributed by atoms with Crippen LogP contribution in [0.25, 0.3) is 0 Å². The molecule has 1 saturated heterocycles. The molecule has 34 heavy (non-hydrogen) atoms. The van der Waals surface area contributed by atoms with Crippen LogP contribution in [-0.4, -0.2) is 73.9 Å². The summed E-state index contributed by atoms with van der Waals surface area (Å²) in [5.41, 5.74) is 5.06. The van der Waals surface area contributed by atoms with Gasteiger partial charge in [-0.1, -0.05) is 12.1 Å². The second-order valence-electron chi connectivity index (χ2n) is 9.49. The molecule has 1 amide bonds. The number of carbonyl (C=O) groups excluding carboxylic acids is 1. The van der Waals surface area contributed by atoms with Crippen molar-refractivity contribution in [1.29, 1.82) is 0 Å². The molecule has 2 heterocycles. The summed E-state index contributed by atoms with van der Waals surface area (Å²) in [4.78, 5) is 22.5. The van der Waals surface area contributed by atoms with E-state index in [0.29, 0.717) is 24.6 Å². The van der Waals surface area contributed by atoms with Gasteiger partial charge < -0.3 is 19.3 Å². The van der Waals surface area contributed by atoms with E-state index in [-0.39, 0.29) is 18.0 Å². The van der Waals surface area contributed by atoms with Crippen LogP contribution < -0.4 is 9.47 Å². The SMILES string of the molecule is CCOc1cc2c(cc1OC)C(c1ccc(C(=O)N(CC)C(C)C)cc1)=NC1CCN(C)CC21. The number of carbonyl (C=O) groups is 1. The molecular formula is C28H37N3O3. The van der Waals surface area contributed by atoms with Crippen LogP contribution in [0.1, 0.15) is 67.1 Å². The van der Waals surface area contributed by atoms with Gasteiger partial charge in [-0.3, -0.25) is 9.79 Å². The lowest BCUT2D eigenvalue weighted by atomic mass is 9.79. The molecule has 2 unspecified atom stereocenters. The molecule has 0 bridgehead atoms. The predicted octanol–water partition coefficient (Wildman–Crippen LogP) is 4.60. The number of rotatable bonds is 7. The lowest BCUT2D eigenvalue weighted by Crippen LogP contribution is -2.41. The van der Waals surface area contributed by atoms with Crippen LogP contribution in [-0.2, 0) is 0 Å². The van der Waals surface area contributed by atoms with E-state index in [1.54, 1.807) is 7.11 Å². The van der Waals surface area contributed by atoms with E-state index in [1.807, 2.05) is 56.9 Å². The summed E-state index contributed by atoms with van der Waals surface area (Å²) in [6.45, 7) is 11.4. The third-order valence-electron chi connectivity index (χ3n) is 6.99. The zero-order valence-corrected chi connectivity index (χ0v) is 21.3. The highest BCUT2D eigenvalue weighted by atomic mass is 16.5. The molecule has 1 fully saturated rings. The molecule has 4 rings (SSSR count). The standard InChI is InChI=1S/C28H37N3O3/c1-7-31(18(3)4)28(32)20-11-9-19(10-12-20)27-22-16-25(33-6)26(34-8-2)15-21(22)23-17-30(5)14-13-24(23)29-27/h9-12,15-16,18,23-24H,7-8,13-14,17H2,1-6H3. The van der Waals surface area contributed by atoms with E-state index in [2.05, 4.69) is 24.1 Å². The number of likely N-dealkylation sites (tertiary alicyclic amines) is 1. The molecular weight excluding hydrogens is 426 g/mol. The average Bonchev–Trinajstić information content (AvgIpc) is 2.83. The number of piperidine rings is 1. The Labute approximate surface area is 203 Å². The molecule has 2 aromatic carbocycles. The third kappa shape index (κ3) is 4.56. The van der Waals surface area contributed by atoms with Crippen molar-refractivity contribution in [1.82, 2.24) is 9.80 Å². The maximum absolute atomic E-state index is 13.0. The van der Waals surface area contributed by atoms with Crippen LogP contribution in [0.2, 0.25) is 0 Å². The lowest BCUT2D eigenvalue weighted by Gasteiger charge is -2.39. The molecule has 2 aliphatic rings. The number of nitrogens with zero attached hydrogens (tertiary/aromatic N) is 3. The van der Waals surface area contributed by atoms with Gasteiger partial charge >= 0.3 is 0 Å². The molecule has 0 aromatic heterocycles. The molecule has 2 atom stereocenters. The molecule has 0 saturated carbocycles. The van der Waals surface area contributed by atoms with Gasteiger partial charge in [-0.25, -0.2) is 0 Å². The Kier molecular flexibility index (Phi) is 7.27. The molecule has 0 spiro atoms. The van der Waals surface area contributed by atoms with E-state index in [0.717, 1.165) is 47.8 Å². The maximum Gasteiger partial charge on any atom is 0.254 e. The Hall–Kier alpha value is -2.86. The van der Waals surface area contributed by atoms with Crippen molar-refractivity contribution in [2.45, 2.75) is 52.1 Å². The molecule has 6 nitrogen and oxygen atoms in total. The minimum absolute atomic E-state index is 0.0634. The number of amides is 1. The van der Waals surface area contributed by atoms with Gasteiger partial charge in [-0.15, -0.1) is 0 Å². The number of fused-ring (bicyclic) bond motifs is 3. The van der Waals surface area contributed by atoms with Crippen molar-refractivity contribution >= 4 is 11.6 Å². The molecule has 0 aliphatic carbocycles. The second kappa shape index (κ2) is 10.2. The first-order valence-electron chi connectivity index (χ1n) is 12.4. The number of aliphatic imine (C=N–C) groups is 1. The summed E-state index contributed by atoms with van der Waals surface area (Å²) >= 11 is 0. The number of likely N-dealkylation sites (N-methyl/N-ethyl adjacent to an activating group) is 1. The number of hydrogen-bond acceptors (Lipinski definition) is 5. The Bertz CT molecular complexity index is 1060. The summed E-state index contributed by atoms with van der Waals surface area (Å²) in [5, 5.41) is 0. The normalized spacial score (nSPS) is 19.8. The Morgan fingerprint density at radius 3 is 2.53 bits per heavy atom. The van der Waals surface area contributed by atoms with E-state index in [9.17, 15) is 4.79 Å². The minimum Gasteiger partial charge on any atom is -0.493 e.